The quantitative estimate of drug-likeness (QED) is 0.214. The zero-order valence-corrected chi connectivity index (χ0v) is 12.7. The normalized spacial score (nSPS) is 12.2. The summed E-state index contributed by atoms with van der Waals surface area (Å²) in [5.74, 6) is -1.13. The SMILES string of the molecule is C=CN(C(=N)N)[Si](C=C)(N(C=C)C(=N)N)N(C=C)C(=N)N. The maximum atomic E-state index is 7.70. The van der Waals surface area contributed by atoms with Crippen molar-refractivity contribution in [3.05, 3.63) is 50.6 Å². The molecule has 0 aromatic carbocycles. The van der Waals surface area contributed by atoms with Crippen molar-refractivity contribution in [1.82, 2.24) is 13.7 Å². The molecule has 0 aromatic heterocycles. The second kappa shape index (κ2) is 6.95. The molecule has 21 heavy (non-hydrogen) atoms. The van der Waals surface area contributed by atoms with Crippen LogP contribution in [0.25, 0.3) is 0 Å². The highest BCUT2D eigenvalue weighted by Crippen LogP contribution is 2.22. The first-order valence-electron chi connectivity index (χ1n) is 5.65. The Labute approximate surface area is 125 Å². The van der Waals surface area contributed by atoms with E-state index in [1.807, 2.05) is 0 Å². The van der Waals surface area contributed by atoms with Crippen molar-refractivity contribution in [2.45, 2.75) is 0 Å². The Morgan fingerprint density at radius 2 is 0.952 bits per heavy atom. The Hall–Kier alpha value is -3.01. The first-order chi connectivity index (χ1) is 9.74. The summed E-state index contributed by atoms with van der Waals surface area (Å²) in [6.07, 6.45) is 3.82. The van der Waals surface area contributed by atoms with Gasteiger partial charge in [0, 0.05) is 0 Å². The van der Waals surface area contributed by atoms with Crippen LogP contribution in [0.3, 0.4) is 0 Å². The molecule has 0 rings (SSSR count). The van der Waals surface area contributed by atoms with Gasteiger partial charge in [-0.15, -0.1) is 6.58 Å². The van der Waals surface area contributed by atoms with Gasteiger partial charge in [0.15, 0.2) is 17.9 Å². The number of nitrogens with zero attached hydrogens (tertiary/aromatic N) is 3. The fourth-order valence-corrected chi connectivity index (χ4v) is 5.03. The molecule has 0 saturated heterocycles. The van der Waals surface area contributed by atoms with E-state index in [1.54, 1.807) is 0 Å². The Kier molecular flexibility index (Phi) is 5.96. The molecule has 0 aliphatic rings. The Morgan fingerprint density at radius 1 is 0.714 bits per heavy atom. The summed E-state index contributed by atoms with van der Waals surface area (Å²) < 4.78 is 3.73. The van der Waals surface area contributed by atoms with Gasteiger partial charge in [-0.3, -0.25) is 16.2 Å². The van der Waals surface area contributed by atoms with Crippen LogP contribution in [-0.2, 0) is 0 Å². The van der Waals surface area contributed by atoms with E-state index in [0.29, 0.717) is 0 Å². The highest BCUT2D eigenvalue weighted by molar-refractivity contribution is 6.83. The summed E-state index contributed by atoms with van der Waals surface area (Å²) in [6, 6.07) is 0. The minimum absolute atomic E-state index is 0.377. The van der Waals surface area contributed by atoms with Crippen molar-refractivity contribution in [2.24, 2.45) is 17.2 Å². The third-order valence-corrected chi connectivity index (χ3v) is 6.61. The maximum Gasteiger partial charge on any atom is 0.425 e. The first-order valence-corrected chi connectivity index (χ1v) is 7.57. The molecule has 114 valence electrons. The van der Waals surface area contributed by atoms with Crippen LogP contribution in [0.2, 0.25) is 0 Å². The maximum absolute atomic E-state index is 7.70. The van der Waals surface area contributed by atoms with Crippen LogP contribution in [0.5, 0.6) is 0 Å². The van der Waals surface area contributed by atoms with E-state index in [4.69, 9.17) is 33.4 Å². The van der Waals surface area contributed by atoms with Gasteiger partial charge >= 0.3 is 8.56 Å². The molecule has 9 nitrogen and oxygen atoms in total. The van der Waals surface area contributed by atoms with Crippen LogP contribution in [0, 0.1) is 16.2 Å². The van der Waals surface area contributed by atoms with E-state index < -0.39 is 8.56 Å². The Bertz CT molecular complexity index is 433. The van der Waals surface area contributed by atoms with E-state index in [1.165, 1.54) is 38.0 Å². The second-order valence-corrected chi connectivity index (χ2v) is 6.93. The minimum Gasteiger partial charge on any atom is -0.370 e. The first kappa shape index (κ1) is 18.0. The van der Waals surface area contributed by atoms with Crippen molar-refractivity contribution < 1.29 is 0 Å². The van der Waals surface area contributed by atoms with Gasteiger partial charge in [0.25, 0.3) is 0 Å². The Morgan fingerprint density at radius 3 is 1.05 bits per heavy atom. The lowest BCUT2D eigenvalue weighted by atomic mass is 10.9. The van der Waals surface area contributed by atoms with E-state index in [-0.39, 0.29) is 17.9 Å². The predicted molar refractivity (Wildman–Crippen MR) is 87.8 cm³/mol. The molecule has 0 atom stereocenters. The van der Waals surface area contributed by atoms with Crippen molar-refractivity contribution in [3.63, 3.8) is 0 Å². The van der Waals surface area contributed by atoms with Gasteiger partial charge in [-0.25, -0.2) is 0 Å². The second-order valence-electron chi connectivity index (χ2n) is 3.70. The van der Waals surface area contributed by atoms with Crippen molar-refractivity contribution in [1.29, 1.82) is 16.2 Å². The molecule has 0 radical (unpaired) electrons. The number of hydrogen-bond acceptors (Lipinski definition) is 3. The minimum atomic E-state index is -3.49. The van der Waals surface area contributed by atoms with Crippen molar-refractivity contribution >= 4 is 26.4 Å². The average Bonchev–Trinajstić information content (AvgIpc) is 2.38. The number of rotatable bonds is 7. The fourth-order valence-electron chi connectivity index (χ4n) is 1.87. The zero-order chi connectivity index (χ0) is 16.8. The lowest BCUT2D eigenvalue weighted by molar-refractivity contribution is 0.568. The van der Waals surface area contributed by atoms with Crippen LogP contribution < -0.4 is 17.2 Å². The third kappa shape index (κ3) is 2.95. The van der Waals surface area contributed by atoms with Gasteiger partial charge in [0.2, 0.25) is 0 Å². The largest absolute Gasteiger partial charge is 0.425 e. The number of nitrogens with one attached hydrogen (secondary N) is 3. The van der Waals surface area contributed by atoms with Crippen molar-refractivity contribution in [3.8, 4) is 0 Å². The highest BCUT2D eigenvalue weighted by Gasteiger charge is 2.51. The summed E-state index contributed by atoms with van der Waals surface area (Å²) >= 11 is 0. The molecule has 0 bridgehead atoms. The van der Waals surface area contributed by atoms with Crippen LogP contribution in [0.1, 0.15) is 0 Å². The summed E-state index contributed by atoms with van der Waals surface area (Å²) in [4.78, 5) is 0. The van der Waals surface area contributed by atoms with Crippen LogP contribution in [0.15, 0.2) is 50.6 Å². The lowest BCUT2D eigenvalue weighted by Crippen LogP contribution is -2.75. The Balaban J connectivity index is 6.60. The summed E-state index contributed by atoms with van der Waals surface area (Å²) in [7, 11) is -3.49. The van der Waals surface area contributed by atoms with E-state index in [2.05, 4.69) is 26.3 Å². The molecule has 0 amide bonds. The molecule has 0 fully saturated rings. The van der Waals surface area contributed by atoms with Gasteiger partial charge in [0.05, 0.1) is 0 Å². The molecular weight excluding hydrogens is 286 g/mol. The molecule has 0 aliphatic carbocycles. The average molecular weight is 307 g/mol. The summed E-state index contributed by atoms with van der Waals surface area (Å²) in [5, 5.41) is 23.1. The summed E-state index contributed by atoms with van der Waals surface area (Å²) in [5.41, 5.74) is 18.1. The van der Waals surface area contributed by atoms with Crippen LogP contribution in [0.4, 0.5) is 0 Å². The zero-order valence-electron chi connectivity index (χ0n) is 11.7. The third-order valence-electron chi connectivity index (χ3n) is 2.66. The molecule has 0 spiro atoms. The lowest BCUT2D eigenvalue weighted by Gasteiger charge is -2.48. The van der Waals surface area contributed by atoms with Crippen molar-refractivity contribution in [2.75, 3.05) is 0 Å². The molecule has 9 N–H and O–H groups in total. The number of nitrogens with two attached hydrogens (primary N) is 3. The van der Waals surface area contributed by atoms with Gasteiger partial charge in [-0.1, -0.05) is 19.7 Å². The molecule has 0 aliphatic heterocycles. The van der Waals surface area contributed by atoms with Gasteiger partial charge in [-0.05, 0) is 24.3 Å². The predicted octanol–water partition coefficient (Wildman–Crippen LogP) is -0.333. The molecular formula is C11H21N9Si. The van der Waals surface area contributed by atoms with Gasteiger partial charge in [0.1, 0.15) is 0 Å². The molecule has 0 aromatic rings. The monoisotopic (exact) mass is 307 g/mol. The van der Waals surface area contributed by atoms with E-state index >= 15 is 0 Å². The smallest absolute Gasteiger partial charge is 0.370 e. The van der Waals surface area contributed by atoms with Crippen LogP contribution >= 0.6 is 0 Å². The standard InChI is InChI=1S/C11H21N9Si/c1-5-18(9(12)13)21(8-4,19(6-2)10(14)15)20(7-3)11(16)17/h5-8H,1-4H2,(H3,12,13)(H3,14,15)(H3,16,17). The fraction of sp³-hybridized carbons (Fsp3) is 0. The van der Waals surface area contributed by atoms with Gasteiger partial charge < -0.3 is 30.9 Å². The molecule has 0 unspecified atom stereocenters. The highest BCUT2D eigenvalue weighted by atomic mass is 28.4. The number of guanidine groups is 3. The van der Waals surface area contributed by atoms with Crippen LogP contribution in [-0.4, -0.2) is 40.1 Å². The molecule has 10 heteroatoms. The molecule has 0 saturated carbocycles. The molecule has 0 heterocycles. The topological polar surface area (TPSA) is 159 Å². The van der Waals surface area contributed by atoms with E-state index in [9.17, 15) is 0 Å². The van der Waals surface area contributed by atoms with E-state index in [0.717, 1.165) is 0 Å². The number of hydrogen-bond donors (Lipinski definition) is 6. The summed E-state index contributed by atoms with van der Waals surface area (Å²) in [6.45, 7) is 14.5. The van der Waals surface area contributed by atoms with Gasteiger partial charge in [-0.2, -0.15) is 0 Å².